The van der Waals surface area contributed by atoms with Crippen LogP contribution in [0.15, 0.2) is 6.20 Å². The summed E-state index contributed by atoms with van der Waals surface area (Å²) in [5, 5.41) is 3.17. The second-order valence-electron chi connectivity index (χ2n) is 4.46. The van der Waals surface area contributed by atoms with Crippen molar-refractivity contribution in [1.82, 2.24) is 14.9 Å². The maximum absolute atomic E-state index is 4.70. The van der Waals surface area contributed by atoms with Gasteiger partial charge in [0.15, 0.2) is 0 Å². The molecular weight excluding hydrogens is 212 g/mol. The van der Waals surface area contributed by atoms with Crippen LogP contribution in [-0.2, 0) is 13.0 Å². The summed E-state index contributed by atoms with van der Waals surface area (Å²) in [7, 11) is 4.09. The quantitative estimate of drug-likeness (QED) is 0.751. The molecule has 0 unspecified atom stereocenters. The van der Waals surface area contributed by atoms with Crippen LogP contribution in [0.4, 0.5) is 5.95 Å². The highest BCUT2D eigenvalue weighted by atomic mass is 15.3. The number of rotatable bonds is 8. The predicted octanol–water partition coefficient (Wildman–Crippen LogP) is 1.90. The topological polar surface area (TPSA) is 33.1 Å². The lowest BCUT2D eigenvalue weighted by molar-refractivity contribution is 0.619. The molecule has 0 spiro atoms. The average Bonchev–Trinajstić information content (AvgIpc) is 2.76. The summed E-state index contributed by atoms with van der Waals surface area (Å²) in [5.41, 5.74) is 1.19. The Balaban J connectivity index is 2.75. The van der Waals surface area contributed by atoms with E-state index in [1.54, 1.807) is 0 Å². The molecule has 1 aromatic heterocycles. The summed E-state index contributed by atoms with van der Waals surface area (Å²) in [6.45, 7) is 7.43. The van der Waals surface area contributed by atoms with Gasteiger partial charge in [-0.15, -0.1) is 0 Å². The molecule has 0 amide bonds. The fourth-order valence-corrected chi connectivity index (χ4v) is 1.81. The summed E-state index contributed by atoms with van der Waals surface area (Å²) in [6.07, 6.45) is 5.64. The van der Waals surface area contributed by atoms with E-state index in [2.05, 4.69) is 41.9 Å². The molecule has 98 valence electrons. The SMILES string of the molecule is CCCCn1cc(CC)nc1N(C)CCNC. The van der Waals surface area contributed by atoms with Gasteiger partial charge in [0.25, 0.3) is 0 Å². The normalized spacial score (nSPS) is 10.8. The fourth-order valence-electron chi connectivity index (χ4n) is 1.81. The van der Waals surface area contributed by atoms with Crippen molar-refractivity contribution in [2.45, 2.75) is 39.7 Å². The van der Waals surface area contributed by atoms with Gasteiger partial charge in [0.1, 0.15) is 0 Å². The molecule has 0 saturated carbocycles. The number of hydrogen-bond acceptors (Lipinski definition) is 3. The highest BCUT2D eigenvalue weighted by molar-refractivity contribution is 5.32. The van der Waals surface area contributed by atoms with Crippen molar-refractivity contribution in [1.29, 1.82) is 0 Å². The molecule has 1 rings (SSSR count). The first-order valence-corrected chi connectivity index (χ1v) is 6.64. The van der Waals surface area contributed by atoms with Gasteiger partial charge in [0.05, 0.1) is 5.69 Å². The minimum atomic E-state index is 0.985. The van der Waals surface area contributed by atoms with E-state index in [1.807, 2.05) is 7.05 Å². The Labute approximate surface area is 105 Å². The van der Waals surface area contributed by atoms with Crippen LogP contribution in [0.2, 0.25) is 0 Å². The zero-order chi connectivity index (χ0) is 12.7. The van der Waals surface area contributed by atoms with Crippen LogP contribution in [0.1, 0.15) is 32.4 Å². The molecule has 1 N–H and O–H groups in total. The number of nitrogens with one attached hydrogen (secondary N) is 1. The number of nitrogens with zero attached hydrogens (tertiary/aromatic N) is 3. The average molecular weight is 238 g/mol. The van der Waals surface area contributed by atoms with Gasteiger partial charge in [-0.2, -0.15) is 0 Å². The highest BCUT2D eigenvalue weighted by Gasteiger charge is 2.10. The Kier molecular flexibility index (Phi) is 6.05. The van der Waals surface area contributed by atoms with Gasteiger partial charge in [-0.1, -0.05) is 20.3 Å². The van der Waals surface area contributed by atoms with Gasteiger partial charge in [0, 0.05) is 32.9 Å². The second-order valence-corrected chi connectivity index (χ2v) is 4.46. The lowest BCUT2D eigenvalue weighted by atomic mass is 10.3. The summed E-state index contributed by atoms with van der Waals surface area (Å²) in [4.78, 5) is 6.92. The van der Waals surface area contributed by atoms with E-state index in [0.29, 0.717) is 0 Å². The smallest absolute Gasteiger partial charge is 0.205 e. The van der Waals surface area contributed by atoms with E-state index in [0.717, 1.165) is 32.0 Å². The molecule has 0 aromatic carbocycles. The molecule has 0 aliphatic carbocycles. The maximum Gasteiger partial charge on any atom is 0.205 e. The molecule has 0 aliphatic heterocycles. The Morgan fingerprint density at radius 3 is 2.76 bits per heavy atom. The van der Waals surface area contributed by atoms with Gasteiger partial charge >= 0.3 is 0 Å². The van der Waals surface area contributed by atoms with Crippen molar-refractivity contribution in [3.63, 3.8) is 0 Å². The van der Waals surface area contributed by atoms with E-state index < -0.39 is 0 Å². The van der Waals surface area contributed by atoms with Crippen LogP contribution in [0, 0.1) is 0 Å². The molecule has 0 fully saturated rings. The number of anilines is 1. The minimum Gasteiger partial charge on any atom is -0.344 e. The van der Waals surface area contributed by atoms with Crippen LogP contribution in [0.3, 0.4) is 0 Å². The van der Waals surface area contributed by atoms with Gasteiger partial charge in [-0.05, 0) is 19.9 Å². The van der Waals surface area contributed by atoms with Crippen LogP contribution in [-0.4, -0.2) is 36.7 Å². The van der Waals surface area contributed by atoms with Crippen molar-refractivity contribution >= 4 is 5.95 Å². The third-order valence-corrected chi connectivity index (χ3v) is 2.96. The third-order valence-electron chi connectivity index (χ3n) is 2.96. The summed E-state index contributed by atoms with van der Waals surface area (Å²) >= 11 is 0. The Morgan fingerprint density at radius 1 is 1.41 bits per heavy atom. The largest absolute Gasteiger partial charge is 0.344 e. The Hall–Kier alpha value is -1.03. The molecule has 4 nitrogen and oxygen atoms in total. The number of aromatic nitrogens is 2. The van der Waals surface area contributed by atoms with Crippen LogP contribution < -0.4 is 10.2 Å². The number of aryl methyl sites for hydroxylation is 2. The molecule has 1 heterocycles. The second kappa shape index (κ2) is 7.33. The zero-order valence-electron chi connectivity index (χ0n) is 11.7. The van der Waals surface area contributed by atoms with E-state index in [9.17, 15) is 0 Å². The first-order chi connectivity index (χ1) is 8.22. The van der Waals surface area contributed by atoms with Gasteiger partial charge in [-0.25, -0.2) is 4.98 Å². The van der Waals surface area contributed by atoms with Crippen molar-refractivity contribution in [3.8, 4) is 0 Å². The number of likely N-dealkylation sites (N-methyl/N-ethyl adjacent to an activating group) is 2. The molecule has 1 aromatic rings. The van der Waals surface area contributed by atoms with Crippen LogP contribution >= 0.6 is 0 Å². The molecule has 0 saturated heterocycles. The maximum atomic E-state index is 4.70. The van der Waals surface area contributed by atoms with Crippen molar-refractivity contribution < 1.29 is 0 Å². The van der Waals surface area contributed by atoms with E-state index in [4.69, 9.17) is 4.98 Å². The lowest BCUT2D eigenvalue weighted by Crippen LogP contribution is -2.29. The standard InChI is InChI=1S/C13H26N4/c1-5-7-9-17-11-12(6-2)15-13(17)16(4)10-8-14-3/h11,14H,5-10H2,1-4H3. The summed E-state index contributed by atoms with van der Waals surface area (Å²) in [5.74, 6) is 1.10. The Morgan fingerprint density at radius 2 is 2.18 bits per heavy atom. The van der Waals surface area contributed by atoms with Crippen molar-refractivity contribution in [3.05, 3.63) is 11.9 Å². The van der Waals surface area contributed by atoms with E-state index in [-0.39, 0.29) is 0 Å². The molecule has 17 heavy (non-hydrogen) atoms. The first kappa shape index (κ1) is 14.0. The van der Waals surface area contributed by atoms with E-state index in [1.165, 1.54) is 18.5 Å². The van der Waals surface area contributed by atoms with Gasteiger partial charge < -0.3 is 14.8 Å². The minimum absolute atomic E-state index is 0.985. The molecule has 0 atom stereocenters. The zero-order valence-corrected chi connectivity index (χ0v) is 11.7. The van der Waals surface area contributed by atoms with Crippen molar-refractivity contribution in [2.24, 2.45) is 0 Å². The predicted molar refractivity (Wildman–Crippen MR) is 73.7 cm³/mol. The molecule has 4 heteroatoms. The number of hydrogen-bond donors (Lipinski definition) is 1. The summed E-state index contributed by atoms with van der Waals surface area (Å²) < 4.78 is 2.29. The highest BCUT2D eigenvalue weighted by Crippen LogP contribution is 2.14. The van der Waals surface area contributed by atoms with Gasteiger partial charge in [-0.3, -0.25) is 0 Å². The molecule has 0 radical (unpaired) electrons. The van der Waals surface area contributed by atoms with Crippen molar-refractivity contribution in [2.75, 3.05) is 32.1 Å². The number of imidazole rings is 1. The van der Waals surface area contributed by atoms with Crippen LogP contribution in [0.25, 0.3) is 0 Å². The monoisotopic (exact) mass is 238 g/mol. The van der Waals surface area contributed by atoms with E-state index >= 15 is 0 Å². The molecule has 0 bridgehead atoms. The molecular formula is C13H26N4. The summed E-state index contributed by atoms with van der Waals surface area (Å²) in [6, 6.07) is 0. The van der Waals surface area contributed by atoms with Crippen LogP contribution in [0.5, 0.6) is 0 Å². The van der Waals surface area contributed by atoms with Gasteiger partial charge in [0.2, 0.25) is 5.95 Å². The first-order valence-electron chi connectivity index (χ1n) is 6.64. The fraction of sp³-hybridized carbons (Fsp3) is 0.769. The third kappa shape index (κ3) is 4.04. The molecule has 0 aliphatic rings. The number of unbranched alkanes of at least 4 members (excludes halogenated alkanes) is 1. The lowest BCUT2D eigenvalue weighted by Gasteiger charge is -2.19. The Bertz CT molecular complexity index is 319.